The van der Waals surface area contributed by atoms with Crippen LogP contribution in [0.2, 0.25) is 0 Å². The molecule has 0 aliphatic carbocycles. The predicted molar refractivity (Wildman–Crippen MR) is 130 cm³/mol. The van der Waals surface area contributed by atoms with E-state index in [4.69, 9.17) is 9.84 Å². The quantitative estimate of drug-likeness (QED) is 0.419. The van der Waals surface area contributed by atoms with Crippen molar-refractivity contribution < 1.29 is 14.6 Å². The number of rotatable bonds is 7. The van der Waals surface area contributed by atoms with Crippen molar-refractivity contribution in [2.75, 3.05) is 5.32 Å². The summed E-state index contributed by atoms with van der Waals surface area (Å²) in [6.45, 7) is 4.02. The van der Waals surface area contributed by atoms with E-state index in [0.29, 0.717) is 11.4 Å². The minimum Gasteiger partial charge on any atom is -0.478 e. The number of anilines is 2. The highest BCUT2D eigenvalue weighted by Gasteiger charge is 2.13. The molecule has 2 N–H and O–H groups in total. The number of pyridine rings is 1. The number of benzene rings is 2. The van der Waals surface area contributed by atoms with Crippen LogP contribution in [0.4, 0.5) is 11.6 Å². The number of carbonyl (C=O) groups is 1. The summed E-state index contributed by atoms with van der Waals surface area (Å²) in [5.41, 5.74) is 2.16. The first-order valence-electron chi connectivity index (χ1n) is 10.7. The highest BCUT2D eigenvalue weighted by Crippen LogP contribution is 2.28. The molecule has 0 saturated heterocycles. The molecule has 178 valence electrons. The second-order valence-electron chi connectivity index (χ2n) is 8.05. The molecular formula is C25H23N5O5. The molecule has 2 aromatic heterocycles. The van der Waals surface area contributed by atoms with E-state index in [9.17, 15) is 14.4 Å². The maximum atomic E-state index is 12.8. The van der Waals surface area contributed by atoms with E-state index in [1.54, 1.807) is 18.2 Å². The second-order valence-corrected chi connectivity index (χ2v) is 8.05. The zero-order valence-corrected chi connectivity index (χ0v) is 19.3. The first-order valence-corrected chi connectivity index (χ1v) is 10.7. The van der Waals surface area contributed by atoms with Crippen LogP contribution in [-0.4, -0.2) is 30.2 Å². The number of carboxylic acid groups (broad SMARTS) is 1. The van der Waals surface area contributed by atoms with Crippen molar-refractivity contribution in [1.29, 1.82) is 0 Å². The molecule has 0 fully saturated rings. The molecular weight excluding hydrogens is 450 g/mol. The van der Waals surface area contributed by atoms with Gasteiger partial charge in [0.2, 0.25) is 5.95 Å². The smallest absolute Gasteiger partial charge is 0.354 e. The van der Waals surface area contributed by atoms with Gasteiger partial charge in [0, 0.05) is 18.9 Å². The van der Waals surface area contributed by atoms with Gasteiger partial charge in [-0.25, -0.2) is 19.0 Å². The molecule has 0 atom stereocenters. The van der Waals surface area contributed by atoms with Gasteiger partial charge in [0.1, 0.15) is 11.5 Å². The summed E-state index contributed by atoms with van der Waals surface area (Å²) in [4.78, 5) is 44.2. The van der Waals surface area contributed by atoms with Crippen molar-refractivity contribution in [2.45, 2.75) is 20.4 Å². The third-order valence-corrected chi connectivity index (χ3v) is 5.34. The third-order valence-electron chi connectivity index (χ3n) is 5.34. The molecule has 0 radical (unpaired) electrons. The summed E-state index contributed by atoms with van der Waals surface area (Å²) >= 11 is 0. The van der Waals surface area contributed by atoms with Crippen molar-refractivity contribution >= 4 is 17.6 Å². The molecule has 0 saturated carbocycles. The van der Waals surface area contributed by atoms with Crippen LogP contribution in [0, 0.1) is 13.8 Å². The summed E-state index contributed by atoms with van der Waals surface area (Å²) < 4.78 is 8.15. The standard InChI is InChI=1S/C25H23N5O5/c1-15-4-6-17(7-5-15)14-30-23(28-24(33)29(3)25(30)34)27-19-8-9-21(16(2)10-19)35-20-11-18(22(31)32)12-26-13-20/h4-13H,14H2,1-3H3,(H,31,32)(H,27,28,33). The Bertz CT molecular complexity index is 1520. The molecule has 4 rings (SSSR count). The largest absolute Gasteiger partial charge is 0.478 e. The Morgan fingerprint density at radius 1 is 1.06 bits per heavy atom. The van der Waals surface area contributed by atoms with Gasteiger partial charge in [-0.1, -0.05) is 29.8 Å². The zero-order valence-electron chi connectivity index (χ0n) is 19.3. The van der Waals surface area contributed by atoms with E-state index in [2.05, 4.69) is 15.3 Å². The molecule has 0 aliphatic heterocycles. The summed E-state index contributed by atoms with van der Waals surface area (Å²) in [6.07, 6.45) is 2.66. The summed E-state index contributed by atoms with van der Waals surface area (Å²) in [6, 6.07) is 14.3. The van der Waals surface area contributed by atoms with E-state index in [1.807, 2.05) is 38.1 Å². The number of nitrogens with one attached hydrogen (secondary N) is 1. The summed E-state index contributed by atoms with van der Waals surface area (Å²) in [5.74, 6) is -0.203. The van der Waals surface area contributed by atoms with Gasteiger partial charge >= 0.3 is 17.3 Å². The van der Waals surface area contributed by atoms with Crippen LogP contribution in [0.25, 0.3) is 0 Å². The Morgan fingerprint density at radius 3 is 2.49 bits per heavy atom. The molecule has 0 aliphatic rings. The van der Waals surface area contributed by atoms with E-state index < -0.39 is 17.3 Å². The van der Waals surface area contributed by atoms with Crippen LogP contribution < -0.4 is 21.4 Å². The molecule has 10 heteroatoms. The molecule has 0 unspecified atom stereocenters. The number of aryl methyl sites for hydroxylation is 2. The lowest BCUT2D eigenvalue weighted by Gasteiger charge is -2.16. The molecule has 0 spiro atoms. The molecule has 10 nitrogen and oxygen atoms in total. The maximum absolute atomic E-state index is 12.8. The molecule has 2 heterocycles. The fraction of sp³-hybridized carbons (Fsp3) is 0.160. The second kappa shape index (κ2) is 9.64. The molecule has 35 heavy (non-hydrogen) atoms. The number of aromatic carboxylic acids is 1. The van der Waals surface area contributed by atoms with Crippen LogP contribution in [0.5, 0.6) is 11.5 Å². The fourth-order valence-corrected chi connectivity index (χ4v) is 3.38. The van der Waals surface area contributed by atoms with Gasteiger partial charge < -0.3 is 15.2 Å². The average Bonchev–Trinajstić information content (AvgIpc) is 2.83. The van der Waals surface area contributed by atoms with Crippen molar-refractivity contribution in [2.24, 2.45) is 7.05 Å². The zero-order chi connectivity index (χ0) is 25.1. The van der Waals surface area contributed by atoms with Gasteiger partial charge in [0.05, 0.1) is 18.3 Å². The number of ether oxygens (including phenoxy) is 1. The topological polar surface area (TPSA) is 128 Å². The summed E-state index contributed by atoms with van der Waals surface area (Å²) in [5, 5.41) is 12.2. The number of aromatic nitrogens is 4. The van der Waals surface area contributed by atoms with Crippen molar-refractivity contribution in [3.8, 4) is 11.5 Å². The van der Waals surface area contributed by atoms with Gasteiger partial charge in [-0.15, -0.1) is 0 Å². The van der Waals surface area contributed by atoms with E-state index in [1.165, 1.54) is 30.1 Å². The lowest BCUT2D eigenvalue weighted by Crippen LogP contribution is -2.41. The normalized spacial score (nSPS) is 10.7. The highest BCUT2D eigenvalue weighted by molar-refractivity contribution is 5.87. The minimum absolute atomic E-state index is 0.0155. The van der Waals surface area contributed by atoms with Crippen LogP contribution >= 0.6 is 0 Å². The Kier molecular flexibility index (Phi) is 6.45. The van der Waals surface area contributed by atoms with Gasteiger partial charge in [-0.3, -0.25) is 9.55 Å². The Labute approximate surface area is 200 Å². The average molecular weight is 473 g/mol. The maximum Gasteiger partial charge on any atom is 0.354 e. The van der Waals surface area contributed by atoms with Crippen LogP contribution in [0.15, 0.2) is 70.5 Å². The van der Waals surface area contributed by atoms with Gasteiger partial charge in [-0.05, 0) is 49.2 Å². The van der Waals surface area contributed by atoms with Gasteiger partial charge in [-0.2, -0.15) is 4.98 Å². The minimum atomic E-state index is -1.10. The lowest BCUT2D eigenvalue weighted by molar-refractivity contribution is 0.0696. The van der Waals surface area contributed by atoms with E-state index in [-0.39, 0.29) is 23.8 Å². The number of hydrogen-bond donors (Lipinski definition) is 2. The molecule has 0 bridgehead atoms. The number of hydrogen-bond acceptors (Lipinski definition) is 7. The molecule has 2 aromatic carbocycles. The van der Waals surface area contributed by atoms with Crippen molar-refractivity contribution in [3.63, 3.8) is 0 Å². The highest BCUT2D eigenvalue weighted by atomic mass is 16.5. The summed E-state index contributed by atoms with van der Waals surface area (Å²) in [7, 11) is 1.39. The lowest BCUT2D eigenvalue weighted by atomic mass is 10.1. The van der Waals surface area contributed by atoms with Gasteiger partial charge in [0.25, 0.3) is 0 Å². The monoisotopic (exact) mass is 473 g/mol. The fourth-order valence-electron chi connectivity index (χ4n) is 3.38. The van der Waals surface area contributed by atoms with Crippen LogP contribution in [0.3, 0.4) is 0 Å². The SMILES string of the molecule is Cc1ccc(Cn2c(Nc3ccc(Oc4cncc(C(=O)O)c4)c(C)c3)nc(=O)n(C)c2=O)cc1. The van der Waals surface area contributed by atoms with Gasteiger partial charge in [0.15, 0.2) is 0 Å². The molecule has 0 amide bonds. The van der Waals surface area contributed by atoms with E-state index in [0.717, 1.165) is 21.3 Å². The van der Waals surface area contributed by atoms with E-state index >= 15 is 0 Å². The first-order chi connectivity index (χ1) is 16.7. The predicted octanol–water partition coefficient (Wildman–Crippen LogP) is 3.24. The first kappa shape index (κ1) is 23.4. The number of nitrogens with zero attached hydrogens (tertiary/aromatic N) is 4. The Balaban J connectivity index is 1.62. The van der Waals surface area contributed by atoms with Crippen LogP contribution in [-0.2, 0) is 13.6 Å². The van der Waals surface area contributed by atoms with Crippen molar-refractivity contribution in [1.82, 2.24) is 19.1 Å². The Hall–Kier alpha value is -4.73. The number of carboxylic acids is 1. The van der Waals surface area contributed by atoms with Crippen LogP contribution in [0.1, 0.15) is 27.0 Å². The van der Waals surface area contributed by atoms with Crippen molar-refractivity contribution in [3.05, 3.63) is 104 Å². The molecule has 4 aromatic rings. The Morgan fingerprint density at radius 2 is 1.80 bits per heavy atom. The third kappa shape index (κ3) is 5.27.